The van der Waals surface area contributed by atoms with Gasteiger partial charge < -0.3 is 4.74 Å². The molecular weight excluding hydrogens is 244 g/mol. The summed E-state index contributed by atoms with van der Waals surface area (Å²) in [7, 11) is 1.37. The molecule has 1 aromatic rings. The van der Waals surface area contributed by atoms with Gasteiger partial charge >= 0.3 is 5.97 Å². The lowest BCUT2D eigenvalue weighted by Crippen LogP contribution is -2.08. The van der Waals surface area contributed by atoms with E-state index >= 15 is 0 Å². The van der Waals surface area contributed by atoms with Crippen molar-refractivity contribution in [3.05, 3.63) is 28.3 Å². The summed E-state index contributed by atoms with van der Waals surface area (Å²) < 4.78 is 4.70. The number of hydrogen-bond donors (Lipinski definition) is 0. The first-order chi connectivity index (χ1) is 7.63. The molecule has 1 atom stereocenters. The SMILES string of the molecule is COC(=O)c1cc2c(cc1Cl)[C@@H](C)CCS2. The summed E-state index contributed by atoms with van der Waals surface area (Å²) >= 11 is 7.87. The molecule has 0 bridgehead atoms. The maximum atomic E-state index is 11.5. The highest BCUT2D eigenvalue weighted by Crippen LogP contribution is 2.39. The normalized spacial score (nSPS) is 19.1. The van der Waals surface area contributed by atoms with Gasteiger partial charge in [0.2, 0.25) is 0 Å². The monoisotopic (exact) mass is 256 g/mol. The average Bonchev–Trinajstić information content (AvgIpc) is 2.29. The number of hydrogen-bond acceptors (Lipinski definition) is 3. The lowest BCUT2D eigenvalue weighted by Gasteiger charge is -2.22. The van der Waals surface area contributed by atoms with Gasteiger partial charge in [-0.3, -0.25) is 0 Å². The second kappa shape index (κ2) is 4.68. The summed E-state index contributed by atoms with van der Waals surface area (Å²) in [5.41, 5.74) is 1.71. The zero-order chi connectivity index (χ0) is 11.7. The Morgan fingerprint density at radius 1 is 1.56 bits per heavy atom. The number of methoxy groups -OCH3 is 1. The van der Waals surface area contributed by atoms with Crippen LogP contribution in [-0.4, -0.2) is 18.8 Å². The second-order valence-electron chi connectivity index (χ2n) is 3.90. The molecule has 4 heteroatoms. The molecule has 0 fully saturated rings. The Kier molecular flexibility index (Phi) is 3.45. The van der Waals surface area contributed by atoms with Crippen molar-refractivity contribution in [1.82, 2.24) is 0 Å². The first-order valence-corrected chi connectivity index (χ1v) is 6.54. The predicted molar refractivity (Wildman–Crippen MR) is 66.5 cm³/mol. The van der Waals surface area contributed by atoms with Gasteiger partial charge in [0.05, 0.1) is 17.7 Å². The first-order valence-electron chi connectivity index (χ1n) is 5.18. The van der Waals surface area contributed by atoms with Crippen LogP contribution in [0.1, 0.15) is 35.2 Å². The molecule has 16 heavy (non-hydrogen) atoms. The van der Waals surface area contributed by atoms with Gasteiger partial charge in [-0.1, -0.05) is 18.5 Å². The van der Waals surface area contributed by atoms with Gasteiger partial charge in [-0.15, -0.1) is 11.8 Å². The molecule has 0 aliphatic carbocycles. The Hall–Kier alpha value is -0.670. The van der Waals surface area contributed by atoms with Crippen LogP contribution in [0.5, 0.6) is 0 Å². The standard InChI is InChI=1S/C12H13ClO2S/c1-7-3-4-16-11-6-9(12(14)15-2)10(13)5-8(7)11/h5-7H,3-4H2,1-2H3/t7-/m0/s1. The van der Waals surface area contributed by atoms with Crippen LogP contribution in [0.15, 0.2) is 17.0 Å². The quantitative estimate of drug-likeness (QED) is 0.717. The molecule has 2 rings (SSSR count). The molecule has 1 aliphatic heterocycles. The van der Waals surface area contributed by atoms with Crippen molar-refractivity contribution in [1.29, 1.82) is 0 Å². The molecule has 0 unspecified atom stereocenters. The minimum atomic E-state index is -0.369. The van der Waals surface area contributed by atoms with E-state index in [1.807, 2.05) is 12.1 Å². The van der Waals surface area contributed by atoms with E-state index in [-0.39, 0.29) is 5.97 Å². The zero-order valence-electron chi connectivity index (χ0n) is 9.25. The van der Waals surface area contributed by atoms with E-state index in [1.54, 1.807) is 11.8 Å². The Labute approximate surface area is 104 Å². The lowest BCUT2D eigenvalue weighted by molar-refractivity contribution is 0.0600. The maximum Gasteiger partial charge on any atom is 0.339 e. The van der Waals surface area contributed by atoms with Gasteiger partial charge in [0, 0.05) is 4.90 Å². The largest absolute Gasteiger partial charge is 0.465 e. The molecule has 1 heterocycles. The molecule has 0 saturated heterocycles. The van der Waals surface area contributed by atoms with Crippen LogP contribution in [0.3, 0.4) is 0 Å². The van der Waals surface area contributed by atoms with Gasteiger partial charge in [0.25, 0.3) is 0 Å². The summed E-state index contributed by atoms with van der Waals surface area (Å²) in [6.45, 7) is 2.19. The predicted octanol–water partition coefficient (Wildman–Crippen LogP) is 3.73. The average molecular weight is 257 g/mol. The molecule has 0 aromatic heterocycles. The summed E-state index contributed by atoms with van der Waals surface area (Å²) in [5, 5.41) is 0.486. The van der Waals surface area contributed by atoms with Crippen LogP contribution in [0.25, 0.3) is 0 Å². The van der Waals surface area contributed by atoms with Crippen LogP contribution < -0.4 is 0 Å². The van der Waals surface area contributed by atoms with Crippen molar-refractivity contribution in [3.8, 4) is 0 Å². The van der Waals surface area contributed by atoms with E-state index in [1.165, 1.54) is 12.7 Å². The van der Waals surface area contributed by atoms with Crippen LogP contribution >= 0.6 is 23.4 Å². The number of fused-ring (bicyclic) bond motifs is 1. The highest BCUT2D eigenvalue weighted by molar-refractivity contribution is 7.99. The van der Waals surface area contributed by atoms with E-state index in [9.17, 15) is 4.79 Å². The van der Waals surface area contributed by atoms with Crippen LogP contribution in [-0.2, 0) is 4.74 Å². The number of esters is 1. The minimum absolute atomic E-state index is 0.369. The minimum Gasteiger partial charge on any atom is -0.465 e. The third-order valence-corrected chi connectivity index (χ3v) is 4.26. The third-order valence-electron chi connectivity index (χ3n) is 2.84. The van der Waals surface area contributed by atoms with Crippen molar-refractivity contribution < 1.29 is 9.53 Å². The third kappa shape index (κ3) is 2.06. The van der Waals surface area contributed by atoms with E-state index in [4.69, 9.17) is 16.3 Å². The highest BCUT2D eigenvalue weighted by Gasteiger charge is 2.21. The molecule has 0 N–H and O–H groups in total. The number of rotatable bonds is 1. The van der Waals surface area contributed by atoms with E-state index < -0.39 is 0 Å². The highest BCUT2D eigenvalue weighted by atomic mass is 35.5. The van der Waals surface area contributed by atoms with Crippen molar-refractivity contribution in [2.24, 2.45) is 0 Å². The van der Waals surface area contributed by atoms with Crippen molar-refractivity contribution in [2.45, 2.75) is 24.2 Å². The molecule has 0 radical (unpaired) electrons. The Morgan fingerprint density at radius 2 is 2.31 bits per heavy atom. The summed E-state index contributed by atoms with van der Waals surface area (Å²) in [6, 6.07) is 3.75. The number of ether oxygens (including phenoxy) is 1. The fraction of sp³-hybridized carbons (Fsp3) is 0.417. The van der Waals surface area contributed by atoms with Crippen molar-refractivity contribution in [3.63, 3.8) is 0 Å². The molecule has 1 aromatic carbocycles. The first kappa shape index (κ1) is 11.8. The van der Waals surface area contributed by atoms with Gasteiger partial charge in [-0.05, 0) is 35.8 Å². The molecular formula is C12H13ClO2S. The number of carbonyl (C=O) groups excluding carboxylic acids is 1. The fourth-order valence-corrected chi connectivity index (χ4v) is 3.41. The number of carbonyl (C=O) groups is 1. The smallest absolute Gasteiger partial charge is 0.339 e. The van der Waals surface area contributed by atoms with Gasteiger partial charge in [0.1, 0.15) is 0 Å². The van der Waals surface area contributed by atoms with Crippen molar-refractivity contribution in [2.75, 3.05) is 12.9 Å². The summed E-state index contributed by atoms with van der Waals surface area (Å²) in [4.78, 5) is 12.6. The summed E-state index contributed by atoms with van der Waals surface area (Å²) in [6.07, 6.45) is 1.16. The molecule has 1 aliphatic rings. The second-order valence-corrected chi connectivity index (χ2v) is 5.44. The van der Waals surface area contributed by atoms with Crippen LogP contribution in [0.4, 0.5) is 0 Å². The topological polar surface area (TPSA) is 26.3 Å². The Balaban J connectivity index is 2.48. The van der Waals surface area contributed by atoms with Gasteiger partial charge in [0.15, 0.2) is 0 Å². The van der Waals surface area contributed by atoms with E-state index in [0.29, 0.717) is 16.5 Å². The number of thioether (sulfide) groups is 1. The molecule has 2 nitrogen and oxygen atoms in total. The number of benzene rings is 1. The molecule has 0 amide bonds. The summed E-state index contributed by atoms with van der Waals surface area (Å²) in [5.74, 6) is 1.24. The van der Waals surface area contributed by atoms with Crippen LogP contribution in [0, 0.1) is 0 Å². The van der Waals surface area contributed by atoms with Crippen LogP contribution in [0.2, 0.25) is 5.02 Å². The zero-order valence-corrected chi connectivity index (χ0v) is 10.8. The Bertz CT molecular complexity index is 431. The van der Waals surface area contributed by atoms with Crippen molar-refractivity contribution >= 4 is 29.3 Å². The number of halogens is 1. The fourth-order valence-electron chi connectivity index (χ4n) is 1.85. The molecule has 86 valence electrons. The molecule has 0 saturated carbocycles. The lowest BCUT2D eigenvalue weighted by atomic mass is 9.97. The van der Waals surface area contributed by atoms with E-state index in [2.05, 4.69) is 6.92 Å². The maximum absolute atomic E-state index is 11.5. The van der Waals surface area contributed by atoms with Gasteiger partial charge in [-0.2, -0.15) is 0 Å². The van der Waals surface area contributed by atoms with E-state index in [0.717, 1.165) is 17.1 Å². The van der Waals surface area contributed by atoms with Gasteiger partial charge in [-0.25, -0.2) is 4.79 Å². The molecule has 0 spiro atoms. The Morgan fingerprint density at radius 3 is 3.00 bits per heavy atom.